The molecule has 0 aromatic heterocycles. The van der Waals surface area contributed by atoms with Gasteiger partial charge < -0.3 is 15.8 Å². The van der Waals surface area contributed by atoms with Gasteiger partial charge >= 0.3 is 0 Å². The van der Waals surface area contributed by atoms with Crippen molar-refractivity contribution >= 4 is 0 Å². The summed E-state index contributed by atoms with van der Waals surface area (Å²) in [5.74, 6) is 0.867. The predicted molar refractivity (Wildman–Crippen MR) is 74.0 cm³/mol. The molecule has 2 rings (SSSR count). The molecule has 0 fully saturated rings. The van der Waals surface area contributed by atoms with Crippen LogP contribution in [0.15, 0.2) is 48.3 Å². The molecule has 0 bridgehead atoms. The van der Waals surface area contributed by atoms with Gasteiger partial charge in [-0.3, -0.25) is 0 Å². The topological polar surface area (TPSA) is 47.3 Å². The lowest BCUT2D eigenvalue weighted by Crippen LogP contribution is -2.31. The van der Waals surface area contributed by atoms with Crippen LogP contribution in [0.3, 0.4) is 0 Å². The molecule has 1 aromatic carbocycles. The van der Waals surface area contributed by atoms with Gasteiger partial charge in [0.2, 0.25) is 0 Å². The fourth-order valence-corrected chi connectivity index (χ4v) is 1.82. The van der Waals surface area contributed by atoms with E-state index in [-0.39, 0.29) is 6.23 Å². The van der Waals surface area contributed by atoms with E-state index in [0.29, 0.717) is 5.70 Å². The first-order valence-corrected chi connectivity index (χ1v) is 6.43. The Balaban J connectivity index is 1.88. The number of nitrogens with one attached hydrogen (secondary N) is 1. The number of hydrogen-bond acceptors (Lipinski definition) is 3. The van der Waals surface area contributed by atoms with E-state index in [1.165, 1.54) is 18.4 Å². The van der Waals surface area contributed by atoms with Crippen LogP contribution in [-0.2, 0) is 6.42 Å². The van der Waals surface area contributed by atoms with E-state index in [0.717, 1.165) is 12.2 Å². The molecule has 3 N–H and O–H groups in total. The number of dihydropyridines is 1. The van der Waals surface area contributed by atoms with E-state index in [1.807, 2.05) is 24.3 Å². The lowest BCUT2D eigenvalue weighted by Gasteiger charge is -2.19. The van der Waals surface area contributed by atoms with Gasteiger partial charge in [0, 0.05) is 11.9 Å². The van der Waals surface area contributed by atoms with Crippen molar-refractivity contribution in [3.8, 4) is 5.75 Å². The molecule has 0 saturated heterocycles. The number of allylic oxidation sites excluding steroid dienone is 1. The van der Waals surface area contributed by atoms with Crippen molar-refractivity contribution in [3.63, 3.8) is 0 Å². The zero-order chi connectivity index (χ0) is 12.8. The van der Waals surface area contributed by atoms with Crippen molar-refractivity contribution in [1.29, 1.82) is 0 Å². The molecule has 0 spiro atoms. The molecule has 0 amide bonds. The molecule has 1 atom stereocenters. The van der Waals surface area contributed by atoms with Crippen molar-refractivity contribution in [2.45, 2.75) is 32.4 Å². The lowest BCUT2D eigenvalue weighted by molar-refractivity contribution is 0.226. The van der Waals surface area contributed by atoms with Crippen LogP contribution in [0.5, 0.6) is 5.75 Å². The number of aryl methyl sites for hydroxylation is 1. The largest absolute Gasteiger partial charge is 0.467 e. The summed E-state index contributed by atoms with van der Waals surface area (Å²) in [4.78, 5) is 0. The zero-order valence-corrected chi connectivity index (χ0v) is 10.7. The maximum Gasteiger partial charge on any atom is 0.189 e. The highest BCUT2D eigenvalue weighted by Crippen LogP contribution is 2.16. The minimum Gasteiger partial charge on any atom is -0.467 e. The van der Waals surface area contributed by atoms with Gasteiger partial charge in [-0.05, 0) is 42.7 Å². The summed E-state index contributed by atoms with van der Waals surface area (Å²) >= 11 is 0. The zero-order valence-electron chi connectivity index (χ0n) is 10.7. The first-order valence-electron chi connectivity index (χ1n) is 6.43. The smallest absolute Gasteiger partial charge is 0.189 e. The van der Waals surface area contributed by atoms with Crippen molar-refractivity contribution in [2.24, 2.45) is 5.73 Å². The minimum absolute atomic E-state index is 0.140. The van der Waals surface area contributed by atoms with Gasteiger partial charge in [0.15, 0.2) is 6.23 Å². The average Bonchev–Trinajstić information content (AvgIpc) is 2.41. The van der Waals surface area contributed by atoms with Gasteiger partial charge in [-0.1, -0.05) is 25.5 Å². The molecular formula is C15H20N2O. The van der Waals surface area contributed by atoms with Crippen LogP contribution in [-0.4, -0.2) is 6.23 Å². The first-order chi connectivity index (χ1) is 8.78. The van der Waals surface area contributed by atoms with Crippen LogP contribution in [0.1, 0.15) is 25.3 Å². The molecule has 0 aliphatic carbocycles. The van der Waals surface area contributed by atoms with Crippen LogP contribution in [0, 0.1) is 0 Å². The van der Waals surface area contributed by atoms with E-state index in [2.05, 4.69) is 24.4 Å². The Hall–Kier alpha value is -1.90. The Morgan fingerprint density at radius 2 is 2.06 bits per heavy atom. The van der Waals surface area contributed by atoms with Crippen molar-refractivity contribution in [3.05, 3.63) is 53.9 Å². The summed E-state index contributed by atoms with van der Waals surface area (Å²) in [5.41, 5.74) is 7.69. The molecule has 1 aliphatic rings. The van der Waals surface area contributed by atoms with E-state index >= 15 is 0 Å². The number of ether oxygens (including phenoxy) is 1. The van der Waals surface area contributed by atoms with Gasteiger partial charge in [0.05, 0.1) is 0 Å². The Morgan fingerprint density at radius 1 is 1.28 bits per heavy atom. The molecule has 1 heterocycles. The first kappa shape index (κ1) is 12.6. The van der Waals surface area contributed by atoms with E-state index < -0.39 is 0 Å². The SMILES string of the molecule is CCCCc1ccc(OC2C=CC(N)=CN2)cc1. The third-order valence-corrected chi connectivity index (χ3v) is 2.88. The highest BCUT2D eigenvalue weighted by atomic mass is 16.5. The number of hydrogen-bond donors (Lipinski definition) is 2. The van der Waals surface area contributed by atoms with E-state index in [1.54, 1.807) is 6.20 Å². The highest BCUT2D eigenvalue weighted by molar-refractivity contribution is 5.28. The summed E-state index contributed by atoms with van der Waals surface area (Å²) in [6.45, 7) is 2.21. The molecule has 3 nitrogen and oxygen atoms in total. The second-order valence-corrected chi connectivity index (χ2v) is 4.46. The van der Waals surface area contributed by atoms with Gasteiger partial charge in [0.1, 0.15) is 5.75 Å². The highest BCUT2D eigenvalue weighted by Gasteiger charge is 2.07. The summed E-state index contributed by atoms with van der Waals surface area (Å²) in [6.07, 6.45) is 8.95. The Morgan fingerprint density at radius 3 is 2.67 bits per heavy atom. The monoisotopic (exact) mass is 244 g/mol. The van der Waals surface area contributed by atoms with Crippen LogP contribution >= 0.6 is 0 Å². The maximum absolute atomic E-state index is 5.77. The Kier molecular flexibility index (Phi) is 4.29. The van der Waals surface area contributed by atoms with Crippen LogP contribution < -0.4 is 15.8 Å². The van der Waals surface area contributed by atoms with Crippen LogP contribution in [0.25, 0.3) is 0 Å². The second kappa shape index (κ2) is 6.15. The predicted octanol–water partition coefficient (Wildman–Crippen LogP) is 2.69. The molecule has 0 radical (unpaired) electrons. The normalized spacial score (nSPS) is 18.1. The summed E-state index contributed by atoms with van der Waals surface area (Å²) in [7, 11) is 0. The molecule has 3 heteroatoms. The summed E-state index contributed by atoms with van der Waals surface area (Å²) in [5, 5.41) is 3.07. The van der Waals surface area contributed by atoms with Crippen molar-refractivity contribution < 1.29 is 4.74 Å². The minimum atomic E-state index is -0.140. The quantitative estimate of drug-likeness (QED) is 0.837. The number of rotatable bonds is 5. The second-order valence-electron chi connectivity index (χ2n) is 4.46. The number of benzene rings is 1. The molecule has 0 saturated carbocycles. The van der Waals surface area contributed by atoms with Gasteiger partial charge in [-0.15, -0.1) is 0 Å². The number of nitrogens with two attached hydrogens (primary N) is 1. The number of unbranched alkanes of at least 4 members (excludes halogenated alkanes) is 1. The summed E-state index contributed by atoms with van der Waals surface area (Å²) in [6, 6.07) is 8.29. The fourth-order valence-electron chi connectivity index (χ4n) is 1.82. The average molecular weight is 244 g/mol. The van der Waals surface area contributed by atoms with E-state index in [4.69, 9.17) is 10.5 Å². The van der Waals surface area contributed by atoms with Crippen molar-refractivity contribution in [1.82, 2.24) is 5.32 Å². The molecule has 1 aromatic rings. The van der Waals surface area contributed by atoms with Crippen LogP contribution in [0.2, 0.25) is 0 Å². The molecular weight excluding hydrogens is 224 g/mol. The fraction of sp³-hybridized carbons (Fsp3) is 0.333. The Bertz CT molecular complexity index is 434. The van der Waals surface area contributed by atoms with E-state index in [9.17, 15) is 0 Å². The lowest BCUT2D eigenvalue weighted by atomic mass is 10.1. The third kappa shape index (κ3) is 3.55. The third-order valence-electron chi connectivity index (χ3n) is 2.88. The molecule has 1 aliphatic heterocycles. The van der Waals surface area contributed by atoms with Gasteiger partial charge in [-0.25, -0.2) is 0 Å². The Labute approximate surface area is 108 Å². The maximum atomic E-state index is 5.77. The van der Waals surface area contributed by atoms with Gasteiger partial charge in [0.25, 0.3) is 0 Å². The van der Waals surface area contributed by atoms with Crippen LogP contribution in [0.4, 0.5) is 0 Å². The molecule has 1 unspecified atom stereocenters. The summed E-state index contributed by atoms with van der Waals surface area (Å²) < 4.78 is 5.77. The van der Waals surface area contributed by atoms with Crippen molar-refractivity contribution in [2.75, 3.05) is 0 Å². The standard InChI is InChI=1S/C15H20N2O/c1-2-3-4-12-5-8-14(9-6-12)18-15-10-7-13(16)11-17-15/h5-11,15,17H,2-4,16H2,1H3. The van der Waals surface area contributed by atoms with Gasteiger partial charge in [-0.2, -0.15) is 0 Å². The molecule has 96 valence electrons. The molecule has 18 heavy (non-hydrogen) atoms.